The number of furan rings is 1. The molecule has 0 aliphatic heterocycles. The summed E-state index contributed by atoms with van der Waals surface area (Å²) in [6, 6.07) is 3.04. The van der Waals surface area contributed by atoms with Gasteiger partial charge >= 0.3 is 9.95 Å². The molecule has 1 aromatic heterocycles. The van der Waals surface area contributed by atoms with E-state index in [1.165, 1.54) is 28.7 Å². The Hall–Kier alpha value is -1.05. The lowest BCUT2D eigenvalue weighted by Gasteiger charge is -1.98. The van der Waals surface area contributed by atoms with Crippen LogP contribution in [0.15, 0.2) is 16.5 Å². The van der Waals surface area contributed by atoms with Gasteiger partial charge in [0.2, 0.25) is 5.76 Å². The zero-order chi connectivity index (χ0) is 11.3. The highest BCUT2D eigenvalue weighted by molar-refractivity contribution is 14.1. The molecular formula is C9H9IO5. The lowest BCUT2D eigenvalue weighted by Crippen LogP contribution is -2.02. The largest absolute Gasteiger partial charge is 0.460 e. The highest BCUT2D eigenvalue weighted by Gasteiger charge is 2.12. The van der Waals surface area contributed by atoms with Crippen molar-refractivity contribution in [3.05, 3.63) is 23.7 Å². The van der Waals surface area contributed by atoms with Crippen molar-refractivity contribution in [2.24, 2.45) is 0 Å². The summed E-state index contributed by atoms with van der Waals surface area (Å²) < 4.78 is 14.1. The van der Waals surface area contributed by atoms with E-state index >= 15 is 0 Å². The van der Waals surface area contributed by atoms with Crippen molar-refractivity contribution < 1.29 is 23.5 Å². The number of ether oxygens (including phenoxy) is 2. The highest BCUT2D eigenvalue weighted by Crippen LogP contribution is 2.11. The summed E-state index contributed by atoms with van der Waals surface area (Å²) in [5.74, 6) is -0.0102. The van der Waals surface area contributed by atoms with Crippen LogP contribution in [0.3, 0.4) is 0 Å². The van der Waals surface area contributed by atoms with Gasteiger partial charge in [-0.2, -0.15) is 0 Å². The second-order valence-corrected chi connectivity index (χ2v) is 3.39. The Morgan fingerprint density at radius 1 is 1.40 bits per heavy atom. The monoisotopic (exact) mass is 324 g/mol. The summed E-state index contributed by atoms with van der Waals surface area (Å²) in [7, 11) is 0. The van der Waals surface area contributed by atoms with E-state index in [1.807, 2.05) is 0 Å². The fourth-order valence-corrected chi connectivity index (χ4v) is 1.05. The molecule has 1 aromatic rings. The summed E-state index contributed by atoms with van der Waals surface area (Å²) in [6.07, 6.45) is 0. The summed E-state index contributed by atoms with van der Waals surface area (Å²) in [5.41, 5.74) is 0. The Morgan fingerprint density at radius 3 is 2.73 bits per heavy atom. The van der Waals surface area contributed by atoms with Gasteiger partial charge in [-0.15, -0.1) is 0 Å². The molecule has 6 heteroatoms. The second-order valence-electron chi connectivity index (χ2n) is 2.51. The summed E-state index contributed by atoms with van der Waals surface area (Å²) in [6.45, 7) is 2.01. The van der Waals surface area contributed by atoms with Crippen LogP contribution in [-0.4, -0.2) is 16.6 Å². The second kappa shape index (κ2) is 5.74. The van der Waals surface area contributed by atoms with E-state index in [2.05, 4.69) is 4.74 Å². The van der Waals surface area contributed by atoms with Gasteiger partial charge < -0.3 is 13.9 Å². The predicted molar refractivity (Wildman–Crippen MR) is 58.9 cm³/mol. The van der Waals surface area contributed by atoms with Crippen molar-refractivity contribution >= 4 is 32.5 Å². The zero-order valence-electron chi connectivity index (χ0n) is 7.99. The first-order valence-electron chi connectivity index (χ1n) is 4.21. The number of halogens is 1. The summed E-state index contributed by atoms with van der Waals surface area (Å²) in [4.78, 5) is 21.7. The SMILES string of the molecule is CCOC(=O)c1ccc(COC(=O)I)o1. The maximum absolute atomic E-state index is 11.2. The number of carbonyl (C=O) groups is 2. The lowest BCUT2D eigenvalue weighted by atomic mass is 10.4. The van der Waals surface area contributed by atoms with E-state index < -0.39 is 9.95 Å². The van der Waals surface area contributed by atoms with Gasteiger partial charge in [-0.25, -0.2) is 9.59 Å². The molecule has 0 aliphatic rings. The Morgan fingerprint density at radius 2 is 2.13 bits per heavy atom. The molecular weight excluding hydrogens is 315 g/mol. The first kappa shape index (κ1) is 12.0. The van der Waals surface area contributed by atoms with Crippen LogP contribution in [0.2, 0.25) is 0 Å². The van der Waals surface area contributed by atoms with Gasteiger partial charge in [-0.05, 0) is 19.1 Å². The third kappa shape index (κ3) is 3.90. The average molecular weight is 324 g/mol. The Bertz CT molecular complexity index is 357. The van der Waals surface area contributed by atoms with Gasteiger partial charge in [0, 0.05) is 0 Å². The quantitative estimate of drug-likeness (QED) is 0.484. The van der Waals surface area contributed by atoms with Crippen molar-refractivity contribution in [1.82, 2.24) is 0 Å². The van der Waals surface area contributed by atoms with Crippen LogP contribution in [0.1, 0.15) is 23.2 Å². The molecule has 82 valence electrons. The Labute approximate surface area is 99.9 Å². The third-order valence-electron chi connectivity index (χ3n) is 1.47. The minimum Gasteiger partial charge on any atom is -0.460 e. The Balaban J connectivity index is 2.56. The van der Waals surface area contributed by atoms with E-state index in [0.717, 1.165) is 0 Å². The van der Waals surface area contributed by atoms with Crippen LogP contribution < -0.4 is 0 Å². The van der Waals surface area contributed by atoms with Crippen LogP contribution in [0.25, 0.3) is 0 Å². The number of hydrogen-bond donors (Lipinski definition) is 0. The van der Waals surface area contributed by atoms with Crippen molar-refractivity contribution in [1.29, 1.82) is 0 Å². The topological polar surface area (TPSA) is 65.7 Å². The van der Waals surface area contributed by atoms with Crippen molar-refractivity contribution in [2.45, 2.75) is 13.5 Å². The zero-order valence-corrected chi connectivity index (χ0v) is 10.1. The first-order valence-corrected chi connectivity index (χ1v) is 5.29. The molecule has 15 heavy (non-hydrogen) atoms. The molecule has 0 unspecified atom stereocenters. The summed E-state index contributed by atoms with van der Waals surface area (Å²) in [5, 5.41) is 0. The smallest absolute Gasteiger partial charge is 0.374 e. The molecule has 0 aliphatic carbocycles. The van der Waals surface area contributed by atoms with E-state index in [1.54, 1.807) is 13.0 Å². The standard InChI is InChI=1S/C9H9IO5/c1-2-13-8(11)7-4-3-6(15-7)5-14-9(10)12/h3-4H,2,5H2,1H3. The first-order chi connectivity index (χ1) is 7.13. The van der Waals surface area contributed by atoms with E-state index in [4.69, 9.17) is 9.15 Å². The van der Waals surface area contributed by atoms with Gasteiger partial charge in [0.25, 0.3) is 0 Å². The number of hydrogen-bond acceptors (Lipinski definition) is 5. The Kier molecular flexibility index (Phi) is 4.60. The van der Waals surface area contributed by atoms with Crippen LogP contribution in [0.5, 0.6) is 0 Å². The third-order valence-corrected chi connectivity index (χ3v) is 1.78. The molecule has 0 atom stereocenters. The van der Waals surface area contributed by atoms with Gasteiger partial charge in [0.15, 0.2) is 0 Å². The van der Waals surface area contributed by atoms with Crippen molar-refractivity contribution in [3.63, 3.8) is 0 Å². The van der Waals surface area contributed by atoms with Gasteiger partial charge in [-0.1, -0.05) is 0 Å². The minimum atomic E-state index is -0.524. The lowest BCUT2D eigenvalue weighted by molar-refractivity contribution is 0.0485. The van der Waals surface area contributed by atoms with E-state index in [0.29, 0.717) is 5.76 Å². The molecule has 0 aromatic carbocycles. The van der Waals surface area contributed by atoms with Crippen LogP contribution >= 0.6 is 22.6 Å². The highest BCUT2D eigenvalue weighted by atomic mass is 127. The van der Waals surface area contributed by atoms with E-state index in [-0.39, 0.29) is 19.0 Å². The summed E-state index contributed by atoms with van der Waals surface area (Å²) >= 11 is 1.51. The van der Waals surface area contributed by atoms with Crippen LogP contribution in [0, 0.1) is 0 Å². The number of esters is 1. The molecule has 5 nitrogen and oxygen atoms in total. The van der Waals surface area contributed by atoms with Crippen LogP contribution in [0.4, 0.5) is 4.79 Å². The van der Waals surface area contributed by atoms with Gasteiger partial charge in [-0.3, -0.25) is 0 Å². The van der Waals surface area contributed by atoms with Crippen molar-refractivity contribution in [2.75, 3.05) is 6.61 Å². The molecule has 0 radical (unpaired) electrons. The molecule has 0 saturated heterocycles. The maximum Gasteiger partial charge on any atom is 0.374 e. The average Bonchev–Trinajstić information content (AvgIpc) is 2.63. The minimum absolute atomic E-state index is 0.0151. The normalized spacial score (nSPS) is 9.73. The molecule has 0 bridgehead atoms. The predicted octanol–water partition coefficient (Wildman–Crippen LogP) is 2.53. The molecule has 0 fully saturated rings. The van der Waals surface area contributed by atoms with Crippen molar-refractivity contribution in [3.8, 4) is 0 Å². The fraction of sp³-hybridized carbons (Fsp3) is 0.333. The maximum atomic E-state index is 11.2. The number of carbonyl (C=O) groups excluding carboxylic acids is 2. The van der Waals surface area contributed by atoms with E-state index in [9.17, 15) is 9.59 Å². The number of rotatable bonds is 4. The fourth-order valence-electron chi connectivity index (χ4n) is 0.895. The van der Waals surface area contributed by atoms with Crippen LogP contribution in [-0.2, 0) is 16.1 Å². The molecule has 1 heterocycles. The van der Waals surface area contributed by atoms with Gasteiger partial charge in [0.05, 0.1) is 29.2 Å². The molecule has 1 rings (SSSR count). The van der Waals surface area contributed by atoms with Gasteiger partial charge in [0.1, 0.15) is 12.4 Å². The molecule has 0 N–H and O–H groups in total. The molecule has 0 spiro atoms. The molecule has 0 amide bonds. The molecule has 0 saturated carbocycles.